The summed E-state index contributed by atoms with van der Waals surface area (Å²) in [6, 6.07) is 0. The molecule has 3 rings (SSSR count). The minimum absolute atomic E-state index is 0.0278. The second-order valence-electron chi connectivity index (χ2n) is 5.63. The van der Waals surface area contributed by atoms with Gasteiger partial charge in [-0.25, -0.2) is 4.79 Å². The summed E-state index contributed by atoms with van der Waals surface area (Å²) in [6.45, 7) is 4.88. The summed E-state index contributed by atoms with van der Waals surface area (Å²) in [5.41, 5.74) is -1.14. The summed E-state index contributed by atoms with van der Waals surface area (Å²) in [7, 11) is 0. The van der Waals surface area contributed by atoms with Crippen molar-refractivity contribution in [2.24, 2.45) is 16.7 Å². The third-order valence-electron chi connectivity index (χ3n) is 5.51. The Kier molecular flexibility index (Phi) is 1.63. The third kappa shape index (κ3) is 0.705. The molecule has 1 heterocycles. The quantitative estimate of drug-likeness (QED) is 0.745. The number of halogens is 1. The normalized spacial score (nSPS) is 61.3. The molecule has 3 fully saturated rings. The van der Waals surface area contributed by atoms with Crippen LogP contribution in [0.1, 0.15) is 26.7 Å². The van der Waals surface area contributed by atoms with Crippen LogP contribution in [0.4, 0.5) is 0 Å². The van der Waals surface area contributed by atoms with Crippen LogP contribution in [0.15, 0.2) is 0 Å². The Bertz CT molecular complexity index is 358. The third-order valence-corrected chi connectivity index (χ3v) is 6.80. The highest BCUT2D eigenvalue weighted by atomic mass is 79.9. The molecule has 0 radical (unpaired) electrons. The molecule has 3 aliphatic rings. The molecule has 1 aliphatic heterocycles. The Labute approximate surface area is 97.3 Å². The number of rotatable bonds is 1. The Morgan fingerprint density at radius 3 is 2.60 bits per heavy atom. The first-order valence-electron chi connectivity index (χ1n) is 5.41. The summed E-state index contributed by atoms with van der Waals surface area (Å²) in [4.78, 5) is 11.5. The molecule has 1 saturated heterocycles. The first-order valence-corrected chi connectivity index (χ1v) is 6.33. The highest BCUT2D eigenvalue weighted by Crippen LogP contribution is 2.76. The van der Waals surface area contributed by atoms with Gasteiger partial charge in [0.25, 0.3) is 0 Å². The molecule has 4 bridgehead atoms. The van der Waals surface area contributed by atoms with Gasteiger partial charge in [-0.2, -0.15) is 0 Å². The molecule has 0 amide bonds. The van der Waals surface area contributed by atoms with Crippen molar-refractivity contribution in [2.45, 2.75) is 37.1 Å². The zero-order valence-electron chi connectivity index (χ0n) is 8.92. The molecule has 0 spiro atoms. The number of alkyl halides is 1. The van der Waals surface area contributed by atoms with Crippen LogP contribution in [0.5, 0.6) is 0 Å². The molecule has 84 valence electrons. The zero-order valence-corrected chi connectivity index (χ0v) is 10.5. The maximum Gasteiger partial charge on any atom is 0.337 e. The number of ether oxygens (including phenoxy) is 1. The van der Waals surface area contributed by atoms with E-state index in [0.717, 1.165) is 12.8 Å². The van der Waals surface area contributed by atoms with Gasteiger partial charge in [0, 0.05) is 10.8 Å². The minimum atomic E-state index is -0.981. The summed E-state index contributed by atoms with van der Waals surface area (Å²) >= 11 is 3.57. The number of carboxylic acids is 1. The number of carboxylic acid groups (broad SMARTS) is 1. The zero-order chi connectivity index (χ0) is 11.1. The SMILES string of the molecule is CC12COC3(C(=O)O)C(Br)C1CCC23C. The van der Waals surface area contributed by atoms with Crippen molar-refractivity contribution in [3.8, 4) is 0 Å². The van der Waals surface area contributed by atoms with Gasteiger partial charge in [0.05, 0.1) is 11.4 Å². The van der Waals surface area contributed by atoms with E-state index in [1.54, 1.807) is 0 Å². The monoisotopic (exact) mass is 274 g/mol. The van der Waals surface area contributed by atoms with Crippen LogP contribution < -0.4 is 0 Å². The fraction of sp³-hybridized carbons (Fsp3) is 0.909. The lowest BCUT2D eigenvalue weighted by molar-refractivity contribution is -0.172. The topological polar surface area (TPSA) is 46.5 Å². The standard InChI is InChI=1S/C11H15BrO3/c1-9-5-15-11(8(13)14)7(12)6(9)3-4-10(9,11)2/h6-7H,3-5H2,1-2H3,(H,13,14). The lowest BCUT2D eigenvalue weighted by atomic mass is 9.66. The Morgan fingerprint density at radius 2 is 2.20 bits per heavy atom. The number of aliphatic carboxylic acids is 1. The molecule has 3 nitrogen and oxygen atoms in total. The van der Waals surface area contributed by atoms with Gasteiger partial charge in [-0.3, -0.25) is 0 Å². The highest BCUT2D eigenvalue weighted by molar-refractivity contribution is 9.09. The van der Waals surface area contributed by atoms with E-state index >= 15 is 0 Å². The maximum absolute atomic E-state index is 11.6. The van der Waals surface area contributed by atoms with E-state index in [0.29, 0.717) is 12.5 Å². The van der Waals surface area contributed by atoms with E-state index in [4.69, 9.17) is 4.74 Å². The van der Waals surface area contributed by atoms with Crippen LogP contribution in [0, 0.1) is 16.7 Å². The van der Waals surface area contributed by atoms with Gasteiger partial charge in [-0.1, -0.05) is 29.8 Å². The minimum Gasteiger partial charge on any atom is -0.479 e. The van der Waals surface area contributed by atoms with E-state index in [1.165, 1.54) is 0 Å². The van der Waals surface area contributed by atoms with Crippen molar-refractivity contribution in [2.75, 3.05) is 6.61 Å². The lowest BCUT2D eigenvalue weighted by Crippen LogP contribution is -2.56. The first kappa shape index (κ1) is 10.1. The van der Waals surface area contributed by atoms with Crippen LogP contribution in [0.25, 0.3) is 0 Å². The molecule has 2 aliphatic carbocycles. The van der Waals surface area contributed by atoms with Crippen LogP contribution in [0.2, 0.25) is 0 Å². The molecule has 4 heteroatoms. The van der Waals surface area contributed by atoms with Crippen LogP contribution in [-0.2, 0) is 9.53 Å². The van der Waals surface area contributed by atoms with Gasteiger partial charge < -0.3 is 9.84 Å². The number of hydrogen-bond donors (Lipinski definition) is 1. The Balaban J connectivity index is 2.23. The molecular weight excluding hydrogens is 260 g/mol. The van der Waals surface area contributed by atoms with Gasteiger partial charge in [0.1, 0.15) is 0 Å². The second-order valence-corrected chi connectivity index (χ2v) is 6.61. The van der Waals surface area contributed by atoms with Gasteiger partial charge in [0.2, 0.25) is 0 Å². The number of hydrogen-bond acceptors (Lipinski definition) is 2. The Morgan fingerprint density at radius 1 is 1.53 bits per heavy atom. The fourth-order valence-corrected chi connectivity index (χ4v) is 5.99. The maximum atomic E-state index is 11.6. The molecule has 0 aromatic heterocycles. The molecular formula is C11H15BrO3. The number of carbonyl (C=O) groups is 1. The van der Waals surface area contributed by atoms with Gasteiger partial charge in [-0.05, 0) is 18.8 Å². The van der Waals surface area contributed by atoms with Gasteiger partial charge in [0.15, 0.2) is 5.60 Å². The molecule has 5 unspecified atom stereocenters. The van der Waals surface area contributed by atoms with Crippen molar-refractivity contribution in [3.05, 3.63) is 0 Å². The van der Waals surface area contributed by atoms with E-state index in [2.05, 4.69) is 29.8 Å². The first-order chi connectivity index (χ1) is 6.90. The van der Waals surface area contributed by atoms with E-state index < -0.39 is 11.6 Å². The smallest absolute Gasteiger partial charge is 0.337 e. The molecule has 0 aromatic carbocycles. The van der Waals surface area contributed by atoms with Crippen LogP contribution >= 0.6 is 15.9 Å². The summed E-state index contributed by atoms with van der Waals surface area (Å²) in [5.74, 6) is -0.342. The van der Waals surface area contributed by atoms with E-state index in [1.807, 2.05) is 0 Å². The second kappa shape index (κ2) is 2.43. The van der Waals surface area contributed by atoms with E-state index in [9.17, 15) is 9.90 Å². The lowest BCUT2D eigenvalue weighted by Gasteiger charge is -2.40. The summed E-state index contributed by atoms with van der Waals surface area (Å²) < 4.78 is 5.71. The van der Waals surface area contributed by atoms with E-state index in [-0.39, 0.29) is 15.7 Å². The van der Waals surface area contributed by atoms with Crippen molar-refractivity contribution < 1.29 is 14.6 Å². The average Bonchev–Trinajstić information content (AvgIpc) is 2.57. The summed E-state index contributed by atoms with van der Waals surface area (Å²) in [5, 5.41) is 9.51. The van der Waals surface area contributed by atoms with Crippen LogP contribution in [0.3, 0.4) is 0 Å². The molecule has 2 saturated carbocycles. The largest absolute Gasteiger partial charge is 0.479 e. The van der Waals surface area contributed by atoms with Crippen molar-refractivity contribution in [3.63, 3.8) is 0 Å². The Hall–Kier alpha value is -0.0900. The molecule has 0 aromatic rings. The van der Waals surface area contributed by atoms with Crippen molar-refractivity contribution in [1.82, 2.24) is 0 Å². The molecule has 5 atom stereocenters. The average molecular weight is 275 g/mol. The predicted molar refractivity (Wildman–Crippen MR) is 58.0 cm³/mol. The van der Waals surface area contributed by atoms with Crippen molar-refractivity contribution in [1.29, 1.82) is 0 Å². The van der Waals surface area contributed by atoms with Gasteiger partial charge >= 0.3 is 5.97 Å². The van der Waals surface area contributed by atoms with Gasteiger partial charge in [-0.15, -0.1) is 0 Å². The highest BCUT2D eigenvalue weighted by Gasteiger charge is 2.82. The van der Waals surface area contributed by atoms with Crippen LogP contribution in [-0.4, -0.2) is 28.1 Å². The summed E-state index contributed by atoms with van der Waals surface area (Å²) in [6.07, 6.45) is 2.10. The molecule has 15 heavy (non-hydrogen) atoms. The molecule has 1 N–H and O–H groups in total. The predicted octanol–water partition coefficient (Wildman–Crippen LogP) is 2.04. The van der Waals surface area contributed by atoms with Crippen molar-refractivity contribution >= 4 is 21.9 Å². The fourth-order valence-electron chi connectivity index (χ4n) is 4.31.